The topological polar surface area (TPSA) is 26.0 Å². The minimum atomic E-state index is 0.721. The summed E-state index contributed by atoms with van der Waals surface area (Å²) in [6.45, 7) is 11.8. The summed E-state index contributed by atoms with van der Waals surface area (Å²) in [5, 5.41) is 0. The molecule has 0 bridgehead atoms. The zero-order valence-electron chi connectivity index (χ0n) is 12.3. The van der Waals surface area contributed by atoms with E-state index in [9.17, 15) is 0 Å². The van der Waals surface area contributed by atoms with Gasteiger partial charge in [0, 0.05) is 0 Å². The summed E-state index contributed by atoms with van der Waals surface area (Å²) in [6, 6.07) is 0. The van der Waals surface area contributed by atoms with E-state index < -0.39 is 0 Å². The average Bonchev–Trinajstić information content (AvgIpc) is 2.27. The van der Waals surface area contributed by atoms with Crippen LogP contribution in [0.3, 0.4) is 0 Å². The summed E-state index contributed by atoms with van der Waals surface area (Å²) in [5.41, 5.74) is 7.26. The van der Waals surface area contributed by atoms with Gasteiger partial charge in [-0.25, -0.2) is 0 Å². The lowest BCUT2D eigenvalue weighted by Crippen LogP contribution is -2.16. The fourth-order valence-corrected chi connectivity index (χ4v) is 2.39. The van der Waals surface area contributed by atoms with Gasteiger partial charge in [0.1, 0.15) is 0 Å². The van der Waals surface area contributed by atoms with Crippen LogP contribution >= 0.6 is 0 Å². The van der Waals surface area contributed by atoms with E-state index in [0.29, 0.717) is 0 Å². The van der Waals surface area contributed by atoms with Gasteiger partial charge in [0.05, 0.1) is 0 Å². The third-order valence-electron chi connectivity index (χ3n) is 3.41. The van der Waals surface area contributed by atoms with Crippen LogP contribution in [0.4, 0.5) is 0 Å². The minimum absolute atomic E-state index is 0.721. The van der Waals surface area contributed by atoms with Crippen LogP contribution in [0.25, 0.3) is 0 Å². The molecular formula is C16H33N. The third-order valence-corrected chi connectivity index (χ3v) is 3.41. The molecule has 0 saturated heterocycles. The highest BCUT2D eigenvalue weighted by atomic mass is 14.5. The fourth-order valence-electron chi connectivity index (χ4n) is 2.39. The van der Waals surface area contributed by atoms with E-state index in [1.54, 1.807) is 0 Å². The molecule has 0 saturated carbocycles. The summed E-state index contributed by atoms with van der Waals surface area (Å²) < 4.78 is 0. The monoisotopic (exact) mass is 239 g/mol. The van der Waals surface area contributed by atoms with Crippen molar-refractivity contribution in [2.75, 3.05) is 6.54 Å². The first-order valence-electron chi connectivity index (χ1n) is 7.46. The van der Waals surface area contributed by atoms with Crippen molar-refractivity contribution in [3.8, 4) is 0 Å². The largest absolute Gasteiger partial charge is 0.330 e. The van der Waals surface area contributed by atoms with E-state index in [-0.39, 0.29) is 0 Å². The number of rotatable bonds is 11. The molecule has 0 rings (SSSR count). The van der Waals surface area contributed by atoms with Crippen LogP contribution in [0.5, 0.6) is 0 Å². The van der Waals surface area contributed by atoms with Crippen LogP contribution < -0.4 is 5.73 Å². The van der Waals surface area contributed by atoms with E-state index in [0.717, 1.165) is 18.4 Å². The van der Waals surface area contributed by atoms with Crippen LogP contribution in [-0.4, -0.2) is 6.54 Å². The molecule has 0 aliphatic heterocycles. The van der Waals surface area contributed by atoms with Crippen LogP contribution in [0, 0.1) is 11.8 Å². The molecule has 1 unspecified atom stereocenters. The van der Waals surface area contributed by atoms with Gasteiger partial charge in [-0.2, -0.15) is 0 Å². The summed E-state index contributed by atoms with van der Waals surface area (Å²) in [7, 11) is 0. The number of hydrogen-bond acceptors (Lipinski definition) is 1. The lowest BCUT2D eigenvalue weighted by molar-refractivity contribution is 0.384. The molecule has 0 aromatic heterocycles. The first-order chi connectivity index (χ1) is 8.10. The third kappa shape index (κ3) is 10.6. The average molecular weight is 239 g/mol. The predicted octanol–water partition coefficient (Wildman–Crippen LogP) is 4.91. The molecule has 2 N–H and O–H groups in total. The lowest BCUT2D eigenvalue weighted by atomic mass is 9.91. The van der Waals surface area contributed by atoms with E-state index in [1.807, 2.05) is 0 Å². The van der Waals surface area contributed by atoms with E-state index in [1.165, 1.54) is 56.9 Å². The van der Waals surface area contributed by atoms with Gasteiger partial charge in [0.15, 0.2) is 0 Å². The van der Waals surface area contributed by atoms with Gasteiger partial charge in [0.2, 0.25) is 0 Å². The highest BCUT2D eigenvalue weighted by Gasteiger charge is 2.08. The first kappa shape index (κ1) is 16.7. The van der Waals surface area contributed by atoms with Crippen molar-refractivity contribution in [2.24, 2.45) is 17.6 Å². The molecule has 0 aromatic rings. The molecule has 0 spiro atoms. The van der Waals surface area contributed by atoms with Crippen LogP contribution in [-0.2, 0) is 0 Å². The Hall–Kier alpha value is -0.300. The zero-order chi connectivity index (χ0) is 13.1. The molecule has 1 nitrogen and oxygen atoms in total. The summed E-state index contributed by atoms with van der Waals surface area (Å²) in [4.78, 5) is 0. The molecule has 0 heterocycles. The number of hydrogen-bond donors (Lipinski definition) is 1. The maximum absolute atomic E-state index is 5.81. The Morgan fingerprint density at radius 1 is 1.12 bits per heavy atom. The minimum Gasteiger partial charge on any atom is -0.330 e. The van der Waals surface area contributed by atoms with Crippen molar-refractivity contribution in [1.29, 1.82) is 0 Å². The molecule has 0 aliphatic rings. The van der Waals surface area contributed by atoms with Crippen LogP contribution in [0.2, 0.25) is 0 Å². The standard InChI is InChI=1S/C16H33N/c1-5-6-7-9-15(4)10-8-11-16(13-17)12-14(2)3/h14,16H,4-13,17H2,1-3H3. The van der Waals surface area contributed by atoms with Gasteiger partial charge < -0.3 is 5.73 Å². The highest BCUT2D eigenvalue weighted by molar-refractivity contribution is 4.93. The number of nitrogens with two attached hydrogens (primary N) is 1. The Morgan fingerprint density at radius 3 is 2.29 bits per heavy atom. The first-order valence-corrected chi connectivity index (χ1v) is 7.46. The molecule has 0 fully saturated rings. The van der Waals surface area contributed by atoms with E-state index >= 15 is 0 Å². The molecule has 0 aliphatic carbocycles. The van der Waals surface area contributed by atoms with Crippen molar-refractivity contribution in [3.05, 3.63) is 12.2 Å². The molecule has 0 radical (unpaired) electrons. The maximum atomic E-state index is 5.81. The second-order valence-electron chi connectivity index (χ2n) is 5.83. The van der Waals surface area contributed by atoms with Gasteiger partial charge in [-0.15, -0.1) is 0 Å². The highest BCUT2D eigenvalue weighted by Crippen LogP contribution is 2.20. The Bertz CT molecular complexity index is 184. The van der Waals surface area contributed by atoms with Crippen molar-refractivity contribution in [1.82, 2.24) is 0 Å². The SMILES string of the molecule is C=C(CCCCC)CCCC(CN)CC(C)C. The summed E-state index contributed by atoms with van der Waals surface area (Å²) in [5.74, 6) is 1.50. The van der Waals surface area contributed by atoms with E-state index in [2.05, 4.69) is 27.4 Å². The molecular weight excluding hydrogens is 206 g/mol. The van der Waals surface area contributed by atoms with E-state index in [4.69, 9.17) is 5.73 Å². The van der Waals surface area contributed by atoms with Crippen LogP contribution in [0.15, 0.2) is 12.2 Å². The van der Waals surface area contributed by atoms with Crippen molar-refractivity contribution >= 4 is 0 Å². The zero-order valence-corrected chi connectivity index (χ0v) is 12.3. The second-order valence-corrected chi connectivity index (χ2v) is 5.83. The van der Waals surface area contributed by atoms with Gasteiger partial charge in [-0.3, -0.25) is 0 Å². The second kappa shape index (κ2) is 10.8. The fraction of sp³-hybridized carbons (Fsp3) is 0.875. The Balaban J connectivity index is 3.55. The molecule has 1 heteroatoms. The van der Waals surface area contributed by atoms with Gasteiger partial charge in [-0.05, 0) is 56.9 Å². The van der Waals surface area contributed by atoms with Crippen molar-refractivity contribution < 1.29 is 0 Å². The smallest absolute Gasteiger partial charge is 0.00488 e. The molecule has 17 heavy (non-hydrogen) atoms. The predicted molar refractivity (Wildman–Crippen MR) is 79.1 cm³/mol. The Kier molecular flexibility index (Phi) is 10.6. The molecule has 1 atom stereocenters. The van der Waals surface area contributed by atoms with Crippen molar-refractivity contribution in [3.63, 3.8) is 0 Å². The summed E-state index contributed by atoms with van der Waals surface area (Å²) >= 11 is 0. The molecule has 102 valence electrons. The van der Waals surface area contributed by atoms with Crippen LogP contribution in [0.1, 0.15) is 72.1 Å². The number of unbranched alkanes of at least 4 members (excludes halogenated alkanes) is 2. The van der Waals surface area contributed by atoms with Crippen molar-refractivity contribution in [2.45, 2.75) is 72.1 Å². The van der Waals surface area contributed by atoms with Gasteiger partial charge in [-0.1, -0.05) is 45.8 Å². The summed E-state index contributed by atoms with van der Waals surface area (Å²) in [6.07, 6.45) is 10.2. The Labute approximate surface area is 109 Å². The maximum Gasteiger partial charge on any atom is -0.00488 e. The lowest BCUT2D eigenvalue weighted by Gasteiger charge is -2.17. The molecule has 0 aromatic carbocycles. The number of allylic oxidation sites excluding steroid dienone is 1. The van der Waals surface area contributed by atoms with Gasteiger partial charge >= 0.3 is 0 Å². The normalized spacial score (nSPS) is 13.0. The quantitative estimate of drug-likeness (QED) is 0.402. The Morgan fingerprint density at radius 2 is 1.76 bits per heavy atom. The molecule has 0 amide bonds. The van der Waals surface area contributed by atoms with Gasteiger partial charge in [0.25, 0.3) is 0 Å².